The first-order chi connectivity index (χ1) is 10.0. The standard InChI is InChI=1S/C17H25NO3/c1-4-21-17-6-5-14(12(2)19)9-16(17)11-18-8-7-15(10-18)13(3)20/h5-6,9,13,15,20H,4,7-8,10-11H2,1-3H3. The van der Waals surface area contributed by atoms with Crippen LogP contribution in [0.2, 0.25) is 0 Å². The Kier molecular flexibility index (Phi) is 5.37. The van der Waals surface area contributed by atoms with Crippen LogP contribution in [0.1, 0.15) is 43.1 Å². The fraction of sp³-hybridized carbons (Fsp3) is 0.588. The minimum atomic E-state index is -0.259. The first kappa shape index (κ1) is 16.0. The van der Waals surface area contributed by atoms with Gasteiger partial charge in [0.2, 0.25) is 0 Å². The Morgan fingerprint density at radius 3 is 2.86 bits per heavy atom. The Bertz CT molecular complexity index is 499. The molecule has 2 atom stereocenters. The molecule has 0 amide bonds. The number of hydrogen-bond donors (Lipinski definition) is 1. The van der Waals surface area contributed by atoms with E-state index in [0.29, 0.717) is 12.5 Å². The largest absolute Gasteiger partial charge is 0.494 e. The molecule has 0 bridgehead atoms. The molecule has 1 aromatic carbocycles. The van der Waals surface area contributed by atoms with Crippen molar-refractivity contribution in [2.75, 3.05) is 19.7 Å². The normalized spacial score (nSPS) is 20.5. The number of rotatable bonds is 6. The minimum Gasteiger partial charge on any atom is -0.494 e. The molecule has 1 saturated heterocycles. The van der Waals surface area contributed by atoms with Crippen LogP contribution < -0.4 is 4.74 Å². The average molecular weight is 291 g/mol. The van der Waals surface area contributed by atoms with E-state index in [4.69, 9.17) is 4.74 Å². The second-order valence-electron chi connectivity index (χ2n) is 5.84. The van der Waals surface area contributed by atoms with Crippen molar-refractivity contribution in [1.29, 1.82) is 0 Å². The number of carbonyl (C=O) groups excluding carboxylic acids is 1. The van der Waals surface area contributed by atoms with E-state index in [0.717, 1.165) is 42.9 Å². The average Bonchev–Trinajstić information content (AvgIpc) is 2.89. The van der Waals surface area contributed by atoms with Gasteiger partial charge >= 0.3 is 0 Å². The lowest BCUT2D eigenvalue weighted by Crippen LogP contribution is -2.24. The summed E-state index contributed by atoms with van der Waals surface area (Å²) in [6.45, 7) is 8.65. The molecule has 1 N–H and O–H groups in total. The van der Waals surface area contributed by atoms with Crippen LogP contribution in [0, 0.1) is 5.92 Å². The van der Waals surface area contributed by atoms with E-state index < -0.39 is 0 Å². The van der Waals surface area contributed by atoms with E-state index in [1.165, 1.54) is 0 Å². The summed E-state index contributed by atoms with van der Waals surface area (Å²) in [6.07, 6.45) is 0.763. The number of likely N-dealkylation sites (tertiary alicyclic amines) is 1. The Morgan fingerprint density at radius 2 is 2.29 bits per heavy atom. The Labute approximate surface area is 126 Å². The summed E-state index contributed by atoms with van der Waals surface area (Å²) in [5.74, 6) is 1.27. The quantitative estimate of drug-likeness (QED) is 0.818. The van der Waals surface area contributed by atoms with Crippen LogP contribution >= 0.6 is 0 Å². The van der Waals surface area contributed by atoms with Crippen molar-refractivity contribution in [3.8, 4) is 5.75 Å². The fourth-order valence-corrected chi connectivity index (χ4v) is 2.86. The number of benzene rings is 1. The summed E-state index contributed by atoms with van der Waals surface area (Å²) in [5, 5.41) is 9.70. The topological polar surface area (TPSA) is 49.8 Å². The number of ketones is 1. The SMILES string of the molecule is CCOc1ccc(C(C)=O)cc1CN1CCC(C(C)O)C1. The zero-order valence-electron chi connectivity index (χ0n) is 13.1. The van der Waals surface area contributed by atoms with E-state index >= 15 is 0 Å². The fourth-order valence-electron chi connectivity index (χ4n) is 2.86. The molecule has 116 valence electrons. The van der Waals surface area contributed by atoms with E-state index in [1.54, 1.807) is 6.92 Å². The summed E-state index contributed by atoms with van der Waals surface area (Å²) in [4.78, 5) is 13.9. The van der Waals surface area contributed by atoms with Crippen molar-refractivity contribution < 1.29 is 14.6 Å². The molecule has 2 unspecified atom stereocenters. The zero-order chi connectivity index (χ0) is 15.4. The van der Waals surface area contributed by atoms with Gasteiger partial charge in [0.1, 0.15) is 5.75 Å². The third-order valence-corrected chi connectivity index (χ3v) is 4.15. The molecule has 1 fully saturated rings. The van der Waals surface area contributed by atoms with Gasteiger partial charge in [-0.25, -0.2) is 0 Å². The number of nitrogens with zero attached hydrogens (tertiary/aromatic N) is 1. The number of carbonyl (C=O) groups is 1. The highest BCUT2D eigenvalue weighted by atomic mass is 16.5. The molecule has 2 rings (SSSR count). The first-order valence-corrected chi connectivity index (χ1v) is 7.68. The van der Waals surface area contributed by atoms with Gasteiger partial charge in [0.25, 0.3) is 0 Å². The van der Waals surface area contributed by atoms with Crippen molar-refractivity contribution in [2.45, 2.75) is 39.8 Å². The highest BCUT2D eigenvalue weighted by Gasteiger charge is 2.26. The Balaban J connectivity index is 2.13. The molecule has 0 spiro atoms. The van der Waals surface area contributed by atoms with Gasteiger partial charge in [0.05, 0.1) is 12.7 Å². The van der Waals surface area contributed by atoms with Gasteiger partial charge in [0, 0.05) is 24.2 Å². The lowest BCUT2D eigenvalue weighted by atomic mass is 10.0. The van der Waals surface area contributed by atoms with Gasteiger partial charge in [-0.3, -0.25) is 9.69 Å². The summed E-state index contributed by atoms with van der Waals surface area (Å²) < 4.78 is 5.67. The zero-order valence-corrected chi connectivity index (χ0v) is 13.1. The van der Waals surface area contributed by atoms with Crippen LogP contribution in [0.15, 0.2) is 18.2 Å². The maximum Gasteiger partial charge on any atom is 0.159 e. The van der Waals surface area contributed by atoms with Crippen LogP contribution in [-0.4, -0.2) is 41.6 Å². The second kappa shape index (κ2) is 7.05. The van der Waals surface area contributed by atoms with Crippen LogP contribution in [-0.2, 0) is 6.54 Å². The van der Waals surface area contributed by atoms with E-state index in [-0.39, 0.29) is 11.9 Å². The molecule has 1 aliphatic rings. The van der Waals surface area contributed by atoms with Crippen molar-refractivity contribution in [1.82, 2.24) is 4.90 Å². The van der Waals surface area contributed by atoms with Gasteiger partial charge in [-0.2, -0.15) is 0 Å². The number of aliphatic hydroxyl groups excluding tert-OH is 1. The Morgan fingerprint density at radius 1 is 1.52 bits per heavy atom. The van der Waals surface area contributed by atoms with Crippen LogP contribution in [0.4, 0.5) is 0 Å². The molecule has 0 saturated carbocycles. The number of hydrogen-bond acceptors (Lipinski definition) is 4. The third-order valence-electron chi connectivity index (χ3n) is 4.15. The van der Waals surface area contributed by atoms with Crippen molar-refractivity contribution in [3.05, 3.63) is 29.3 Å². The molecule has 1 aromatic rings. The van der Waals surface area contributed by atoms with Crippen molar-refractivity contribution in [3.63, 3.8) is 0 Å². The van der Waals surface area contributed by atoms with Gasteiger partial charge in [-0.15, -0.1) is 0 Å². The molecule has 0 aliphatic carbocycles. The summed E-state index contributed by atoms with van der Waals surface area (Å²) in [6, 6.07) is 5.64. The highest BCUT2D eigenvalue weighted by molar-refractivity contribution is 5.94. The van der Waals surface area contributed by atoms with Crippen molar-refractivity contribution >= 4 is 5.78 Å². The lowest BCUT2D eigenvalue weighted by molar-refractivity contribution is 0.101. The summed E-state index contributed by atoms with van der Waals surface area (Å²) in [5.41, 5.74) is 1.77. The van der Waals surface area contributed by atoms with Crippen molar-refractivity contribution in [2.24, 2.45) is 5.92 Å². The molecule has 4 nitrogen and oxygen atoms in total. The predicted octanol–water partition coefficient (Wildman–Crippen LogP) is 2.49. The van der Waals surface area contributed by atoms with E-state index in [9.17, 15) is 9.90 Å². The van der Waals surface area contributed by atoms with E-state index in [1.807, 2.05) is 32.0 Å². The molecule has 4 heteroatoms. The van der Waals surface area contributed by atoms with Gasteiger partial charge in [-0.05, 0) is 57.9 Å². The molecule has 1 heterocycles. The maximum absolute atomic E-state index is 11.6. The van der Waals surface area contributed by atoms with Crippen LogP contribution in [0.25, 0.3) is 0 Å². The molecule has 0 aromatic heterocycles. The van der Waals surface area contributed by atoms with Gasteiger partial charge in [-0.1, -0.05) is 0 Å². The monoisotopic (exact) mass is 291 g/mol. The van der Waals surface area contributed by atoms with Gasteiger partial charge in [0.15, 0.2) is 5.78 Å². The smallest absolute Gasteiger partial charge is 0.159 e. The summed E-state index contributed by atoms with van der Waals surface area (Å²) in [7, 11) is 0. The third kappa shape index (κ3) is 4.05. The number of Topliss-reactive ketones (excluding diaryl/α,β-unsaturated/α-hetero) is 1. The minimum absolute atomic E-state index is 0.0718. The molecule has 1 aliphatic heterocycles. The van der Waals surface area contributed by atoms with Gasteiger partial charge < -0.3 is 9.84 Å². The van der Waals surface area contributed by atoms with Crippen LogP contribution in [0.5, 0.6) is 5.75 Å². The number of aliphatic hydroxyl groups is 1. The summed E-state index contributed by atoms with van der Waals surface area (Å²) >= 11 is 0. The van der Waals surface area contributed by atoms with Crippen LogP contribution in [0.3, 0.4) is 0 Å². The molecular formula is C17H25NO3. The number of ether oxygens (including phenoxy) is 1. The lowest BCUT2D eigenvalue weighted by Gasteiger charge is -2.19. The highest BCUT2D eigenvalue weighted by Crippen LogP contribution is 2.26. The molecular weight excluding hydrogens is 266 g/mol. The molecule has 21 heavy (non-hydrogen) atoms. The Hall–Kier alpha value is -1.39. The van der Waals surface area contributed by atoms with E-state index in [2.05, 4.69) is 4.90 Å². The predicted molar refractivity (Wildman–Crippen MR) is 82.7 cm³/mol. The maximum atomic E-state index is 11.6. The first-order valence-electron chi connectivity index (χ1n) is 7.68. The molecule has 0 radical (unpaired) electrons. The second-order valence-corrected chi connectivity index (χ2v) is 5.84.